The third-order valence-electron chi connectivity index (χ3n) is 0.802. The quantitative estimate of drug-likeness (QED) is 0.457. The van der Waals surface area contributed by atoms with Crippen LogP contribution in [0.4, 0.5) is 0 Å². The van der Waals surface area contributed by atoms with Crippen LogP contribution in [-0.2, 0) is 14.3 Å². The Balaban J connectivity index is 0. The summed E-state index contributed by atoms with van der Waals surface area (Å²) in [6.45, 7) is 3.07. The van der Waals surface area contributed by atoms with Crippen molar-refractivity contribution < 1.29 is 19.4 Å². The van der Waals surface area contributed by atoms with E-state index in [1.165, 1.54) is 0 Å². The number of rotatable bonds is 6. The summed E-state index contributed by atoms with van der Waals surface area (Å²) in [4.78, 5) is 9.87. The molecule has 1 unspecified atom stereocenters. The first-order valence-corrected chi connectivity index (χ1v) is 4.14. The maximum Gasteiger partial charge on any atom is 0.329 e. The first-order valence-electron chi connectivity index (χ1n) is 3.48. The average molecular weight is 197 g/mol. The van der Waals surface area contributed by atoms with Crippen LogP contribution in [-0.4, -0.2) is 37.5 Å². The van der Waals surface area contributed by atoms with Gasteiger partial charge in [0.15, 0.2) is 0 Å². The molecule has 0 saturated carbocycles. The third-order valence-corrected chi connectivity index (χ3v) is 0.802. The Morgan fingerprint density at radius 3 is 2.33 bits per heavy atom. The Hall–Kier alpha value is -0.220. The van der Waals surface area contributed by atoms with Gasteiger partial charge in [-0.15, -0.1) is 0 Å². The molecule has 0 aliphatic rings. The zero-order chi connectivity index (χ0) is 9.82. The third kappa shape index (κ3) is 16.4. The van der Waals surface area contributed by atoms with E-state index in [0.29, 0.717) is 19.8 Å². The molecule has 0 bridgehead atoms. The highest BCUT2D eigenvalue weighted by Gasteiger charge is 1.94. The second kappa shape index (κ2) is 13.4. The van der Waals surface area contributed by atoms with Crippen LogP contribution in [0.15, 0.2) is 0 Å². The molecule has 5 nitrogen and oxygen atoms in total. The highest BCUT2D eigenvalue weighted by molar-refractivity contribution is 7.13. The van der Waals surface area contributed by atoms with Gasteiger partial charge in [0.05, 0.1) is 13.2 Å². The molecule has 0 saturated heterocycles. The van der Waals surface area contributed by atoms with Crippen LogP contribution >= 0.6 is 9.39 Å². The zero-order valence-electron chi connectivity index (χ0n) is 7.16. The molecule has 0 heterocycles. The first kappa shape index (κ1) is 14.3. The molecule has 6 heteroatoms. The van der Waals surface area contributed by atoms with Crippen LogP contribution in [0, 0.1) is 0 Å². The van der Waals surface area contributed by atoms with Crippen LogP contribution < -0.4 is 5.50 Å². The Labute approximate surface area is 74.5 Å². The second-order valence-electron chi connectivity index (χ2n) is 1.64. The van der Waals surface area contributed by atoms with Gasteiger partial charge >= 0.3 is 5.97 Å². The van der Waals surface area contributed by atoms with E-state index in [1.54, 1.807) is 0 Å². The van der Waals surface area contributed by atoms with Crippen molar-refractivity contribution in [3.63, 3.8) is 0 Å². The maximum atomic E-state index is 9.87. The van der Waals surface area contributed by atoms with Crippen molar-refractivity contribution in [1.82, 2.24) is 0 Å². The fourth-order valence-electron chi connectivity index (χ4n) is 0.422. The molecule has 0 aromatic rings. The fraction of sp³-hybridized carbons (Fsp3) is 0.833. The van der Waals surface area contributed by atoms with E-state index in [0.717, 1.165) is 0 Å². The molecule has 3 N–H and O–H groups in total. The van der Waals surface area contributed by atoms with E-state index in [1.807, 2.05) is 16.3 Å². The van der Waals surface area contributed by atoms with Gasteiger partial charge in [-0.2, -0.15) is 0 Å². The summed E-state index contributed by atoms with van der Waals surface area (Å²) in [5.41, 5.74) is 4.42. The van der Waals surface area contributed by atoms with Gasteiger partial charge in [-0.3, -0.25) is 0 Å². The van der Waals surface area contributed by atoms with Gasteiger partial charge in [-0.1, -0.05) is 9.39 Å². The van der Waals surface area contributed by atoms with Gasteiger partial charge in [0.25, 0.3) is 0 Å². The summed E-state index contributed by atoms with van der Waals surface area (Å²) in [6.07, 6.45) is 0. The number of carbonyl (C=O) groups is 1. The fourth-order valence-corrected chi connectivity index (χ4v) is 0.422. The van der Waals surface area contributed by atoms with Gasteiger partial charge in [-0.25, -0.2) is 4.79 Å². The summed E-state index contributed by atoms with van der Waals surface area (Å²) in [7, 11) is 1.92. The van der Waals surface area contributed by atoms with Gasteiger partial charge < -0.3 is 20.1 Å². The second-order valence-corrected chi connectivity index (χ2v) is 1.64. The van der Waals surface area contributed by atoms with Crippen LogP contribution in [0.2, 0.25) is 0 Å². The lowest BCUT2D eigenvalue weighted by Gasteiger charge is -1.99. The van der Waals surface area contributed by atoms with Crippen LogP contribution in [0.3, 0.4) is 0 Å². The molecule has 0 aromatic heterocycles. The molecule has 0 spiro atoms. The molecule has 0 amide bonds. The zero-order valence-corrected chi connectivity index (χ0v) is 8.31. The van der Waals surface area contributed by atoms with Crippen molar-refractivity contribution in [2.75, 3.05) is 26.4 Å². The Bertz CT molecular complexity index is 102. The largest absolute Gasteiger partial charge is 0.480 e. The van der Waals surface area contributed by atoms with Crippen molar-refractivity contribution in [2.24, 2.45) is 5.50 Å². The lowest BCUT2D eigenvalue weighted by Crippen LogP contribution is -2.11. The predicted octanol–water partition coefficient (Wildman–Crippen LogP) is -0.141. The summed E-state index contributed by atoms with van der Waals surface area (Å²) >= 11 is 0. The number of aliphatic carboxylic acids is 1. The molecule has 12 heavy (non-hydrogen) atoms. The molecule has 74 valence electrons. The number of nitrogens with two attached hydrogens (primary N) is 1. The Morgan fingerprint density at radius 1 is 1.42 bits per heavy atom. The molecule has 0 aromatic carbocycles. The summed E-state index contributed by atoms with van der Waals surface area (Å²) in [5.74, 6) is -0.948. The molecule has 1 atom stereocenters. The van der Waals surface area contributed by atoms with Gasteiger partial charge in [0.1, 0.15) is 6.61 Å². The van der Waals surface area contributed by atoms with Crippen LogP contribution in [0.25, 0.3) is 0 Å². The predicted molar refractivity (Wildman–Crippen MR) is 48.8 cm³/mol. The standard InChI is InChI=1S/C6H12O4.H4NP/c1-2-9-3-4-10-5-6(7)8;1-2/h2-5H2,1H3,(H,7,8);1-2H2. The minimum atomic E-state index is -0.948. The topological polar surface area (TPSA) is 81.8 Å². The lowest BCUT2D eigenvalue weighted by molar-refractivity contribution is -0.142. The van der Waals surface area contributed by atoms with Gasteiger partial charge in [-0.05, 0) is 6.92 Å². The molecule has 0 aliphatic heterocycles. The maximum absolute atomic E-state index is 9.87. The van der Waals surface area contributed by atoms with Gasteiger partial charge in [0.2, 0.25) is 0 Å². The Kier molecular flexibility index (Phi) is 16.0. The van der Waals surface area contributed by atoms with Crippen molar-refractivity contribution in [2.45, 2.75) is 6.92 Å². The number of ether oxygens (including phenoxy) is 2. The van der Waals surface area contributed by atoms with Crippen molar-refractivity contribution >= 4 is 15.4 Å². The van der Waals surface area contributed by atoms with E-state index in [-0.39, 0.29) is 6.61 Å². The number of carboxylic acids is 1. The summed E-state index contributed by atoms with van der Waals surface area (Å²) in [5, 5.41) is 8.10. The first-order chi connectivity index (χ1) is 5.77. The van der Waals surface area contributed by atoms with E-state index in [9.17, 15) is 4.79 Å². The van der Waals surface area contributed by atoms with E-state index < -0.39 is 5.97 Å². The highest BCUT2D eigenvalue weighted by atomic mass is 31.0. The van der Waals surface area contributed by atoms with Gasteiger partial charge in [0, 0.05) is 6.61 Å². The molecule has 0 rings (SSSR count). The summed E-state index contributed by atoms with van der Waals surface area (Å²) < 4.78 is 9.57. The molecular weight excluding hydrogens is 181 g/mol. The normalized spacial score (nSPS) is 8.58. The lowest BCUT2D eigenvalue weighted by atomic mass is 10.7. The highest BCUT2D eigenvalue weighted by Crippen LogP contribution is 1.77. The number of hydrogen-bond acceptors (Lipinski definition) is 4. The van der Waals surface area contributed by atoms with E-state index >= 15 is 0 Å². The molecule has 0 fully saturated rings. The minimum Gasteiger partial charge on any atom is -0.480 e. The number of carboxylic acid groups (broad SMARTS) is 1. The molecule has 0 aliphatic carbocycles. The molecule has 0 radical (unpaired) electrons. The SMILES string of the molecule is CCOCCOCC(=O)O.NP. The van der Waals surface area contributed by atoms with Crippen molar-refractivity contribution in [3.8, 4) is 0 Å². The number of hydrogen-bond donors (Lipinski definition) is 2. The van der Waals surface area contributed by atoms with E-state index in [4.69, 9.17) is 9.84 Å². The summed E-state index contributed by atoms with van der Waals surface area (Å²) in [6, 6.07) is 0. The van der Waals surface area contributed by atoms with Crippen LogP contribution in [0.5, 0.6) is 0 Å². The Morgan fingerprint density at radius 2 is 1.92 bits per heavy atom. The minimum absolute atomic E-state index is 0.243. The molecular formula is C6H16NO4P. The van der Waals surface area contributed by atoms with Crippen LogP contribution in [0.1, 0.15) is 6.92 Å². The van der Waals surface area contributed by atoms with Crippen molar-refractivity contribution in [1.29, 1.82) is 0 Å². The van der Waals surface area contributed by atoms with E-state index in [2.05, 4.69) is 10.2 Å². The monoisotopic (exact) mass is 197 g/mol. The average Bonchev–Trinajstić information content (AvgIpc) is 2.07. The smallest absolute Gasteiger partial charge is 0.329 e. The van der Waals surface area contributed by atoms with Crippen molar-refractivity contribution in [3.05, 3.63) is 0 Å².